The van der Waals surface area contributed by atoms with Crippen molar-refractivity contribution in [3.63, 3.8) is 0 Å². The molecule has 2 aromatic heterocycles. The summed E-state index contributed by atoms with van der Waals surface area (Å²) in [5, 5.41) is 4.00. The van der Waals surface area contributed by atoms with E-state index < -0.39 is 5.41 Å². The summed E-state index contributed by atoms with van der Waals surface area (Å²) in [6.07, 6.45) is 4.54. The maximum Gasteiger partial charge on any atom is 0.158 e. The van der Waals surface area contributed by atoms with Gasteiger partial charge in [-0.2, -0.15) is 0 Å². The van der Waals surface area contributed by atoms with E-state index in [1.807, 2.05) is 56.3 Å². The van der Waals surface area contributed by atoms with Crippen LogP contribution in [0.5, 0.6) is 0 Å². The monoisotopic (exact) mass is 1020 g/mol. The first-order valence-electron chi connectivity index (χ1n) is 27.5. The normalized spacial score (nSPS) is 13.7. The van der Waals surface area contributed by atoms with Gasteiger partial charge >= 0.3 is 0 Å². The Morgan fingerprint density at radius 2 is 1.08 bits per heavy atom. The highest BCUT2D eigenvalue weighted by molar-refractivity contribution is 6.21. The van der Waals surface area contributed by atoms with E-state index in [1.165, 1.54) is 72.3 Å². The van der Waals surface area contributed by atoms with Crippen LogP contribution in [0.2, 0.25) is 0 Å². The van der Waals surface area contributed by atoms with Crippen molar-refractivity contribution in [2.75, 3.05) is 0 Å². The summed E-state index contributed by atoms with van der Waals surface area (Å²) in [5.41, 5.74) is 32.4. The van der Waals surface area contributed by atoms with Gasteiger partial charge in [0.2, 0.25) is 0 Å². The van der Waals surface area contributed by atoms with Crippen LogP contribution in [0.3, 0.4) is 0 Å². The number of nitrogens with zero attached hydrogens (tertiary/aromatic N) is 2. The number of aliphatic imine (C=N–C) groups is 2. The van der Waals surface area contributed by atoms with Crippen LogP contribution < -0.4 is 5.73 Å². The minimum absolute atomic E-state index is 0.330. The molecule has 5 heteroatoms. The number of fused-ring (bicyclic) bond motifs is 13. The zero-order chi connectivity index (χ0) is 53.9. The number of amidine groups is 2. The van der Waals surface area contributed by atoms with E-state index in [0.717, 1.165) is 77.3 Å². The molecule has 12 aromatic rings. The quantitative estimate of drug-likeness (QED) is 0.122. The third kappa shape index (κ3) is 7.82. The maximum atomic E-state index is 7.02. The number of benzene rings is 10. The standard InChI is InChI=1S/C72H53N3O2.C2H6/c1-5-17-60-45(4)53-24-15-25-54(69(53)72(60)61-27-11-8-21-55(61)56-22-9-12-28-62(56)72)47-34-32-46(33-35-47)48-37-39-64-59(41-48)67-50(19-14-30-65(67)77-64)42-74-71(58-26-16-31-66-68(58)57-23-10-13-29-63(57)76-66)75-70(73)49-36-38-52(44(3)40-49)51-20-7-6-18-43(51)2;1-2/h5-41H,42H2,1-4H3,(H2,73,74,75);1-2H3/b17-5-;. The van der Waals surface area contributed by atoms with Crippen LogP contribution in [0.15, 0.2) is 249 Å². The lowest BCUT2D eigenvalue weighted by atomic mass is 9.67. The van der Waals surface area contributed by atoms with Crippen LogP contribution in [-0.2, 0) is 12.0 Å². The number of aryl methyl sites for hydroxylation is 2. The first-order chi connectivity index (χ1) is 38.8. The summed E-state index contributed by atoms with van der Waals surface area (Å²) < 4.78 is 13.0. The molecule has 1 spiro atoms. The van der Waals surface area contributed by atoms with Crippen LogP contribution in [0.4, 0.5) is 0 Å². The fourth-order valence-corrected chi connectivity index (χ4v) is 12.8. The smallest absolute Gasteiger partial charge is 0.158 e. The molecule has 5 nitrogen and oxygen atoms in total. The number of hydrogen-bond donors (Lipinski definition) is 1. The number of para-hydroxylation sites is 1. The number of nitrogens with two attached hydrogens (primary N) is 1. The zero-order valence-corrected chi connectivity index (χ0v) is 45.4. The summed E-state index contributed by atoms with van der Waals surface area (Å²) in [7, 11) is 0. The molecule has 2 heterocycles. The predicted octanol–water partition coefficient (Wildman–Crippen LogP) is 19.2. The summed E-state index contributed by atoms with van der Waals surface area (Å²) in [6, 6.07) is 75.6. The molecule has 382 valence electrons. The summed E-state index contributed by atoms with van der Waals surface area (Å²) in [4.78, 5) is 10.6. The van der Waals surface area contributed by atoms with E-state index >= 15 is 0 Å². The summed E-state index contributed by atoms with van der Waals surface area (Å²) in [5.74, 6) is 0.900. The summed E-state index contributed by atoms with van der Waals surface area (Å²) in [6.45, 7) is 13.0. The van der Waals surface area contributed by atoms with Crippen LogP contribution in [0.1, 0.15) is 77.8 Å². The van der Waals surface area contributed by atoms with Gasteiger partial charge in [-0.3, -0.25) is 4.99 Å². The lowest BCUT2D eigenvalue weighted by molar-refractivity contribution is 0.668. The predicted molar refractivity (Wildman–Crippen MR) is 331 cm³/mol. The Morgan fingerprint density at radius 3 is 1.81 bits per heavy atom. The third-order valence-corrected chi connectivity index (χ3v) is 16.3. The number of allylic oxidation sites excluding steroid dienone is 4. The maximum absolute atomic E-state index is 7.02. The summed E-state index contributed by atoms with van der Waals surface area (Å²) >= 11 is 0. The van der Waals surface area contributed by atoms with E-state index in [-0.39, 0.29) is 0 Å². The van der Waals surface area contributed by atoms with Crippen molar-refractivity contribution in [2.24, 2.45) is 15.7 Å². The average Bonchev–Trinajstić information content (AvgIpc) is 2.17. The van der Waals surface area contributed by atoms with E-state index in [1.54, 1.807) is 0 Å². The highest BCUT2D eigenvalue weighted by Crippen LogP contribution is 2.63. The fourth-order valence-electron chi connectivity index (χ4n) is 12.8. The second-order valence-corrected chi connectivity index (χ2v) is 20.5. The Hall–Kier alpha value is -9.58. The molecule has 0 amide bonds. The zero-order valence-electron chi connectivity index (χ0n) is 45.4. The Morgan fingerprint density at radius 1 is 0.494 bits per heavy atom. The molecule has 0 fully saturated rings. The first kappa shape index (κ1) is 49.0. The Balaban J connectivity index is 0.00000293. The van der Waals surface area contributed by atoms with Gasteiger partial charge in [0, 0.05) is 32.7 Å². The molecule has 0 saturated heterocycles. The van der Waals surface area contributed by atoms with E-state index in [4.69, 9.17) is 24.6 Å². The molecule has 79 heavy (non-hydrogen) atoms. The van der Waals surface area contributed by atoms with Crippen molar-refractivity contribution < 1.29 is 8.83 Å². The second-order valence-electron chi connectivity index (χ2n) is 20.5. The van der Waals surface area contributed by atoms with E-state index in [9.17, 15) is 0 Å². The van der Waals surface area contributed by atoms with Gasteiger partial charge in [-0.05, 0) is 159 Å². The van der Waals surface area contributed by atoms with Crippen LogP contribution in [0.25, 0.3) is 94.0 Å². The van der Waals surface area contributed by atoms with Gasteiger partial charge in [-0.15, -0.1) is 0 Å². The number of rotatable bonds is 8. The van der Waals surface area contributed by atoms with Crippen molar-refractivity contribution >= 4 is 61.1 Å². The average molecular weight is 1020 g/mol. The molecule has 0 saturated carbocycles. The topological polar surface area (TPSA) is 77.0 Å². The third-order valence-electron chi connectivity index (χ3n) is 16.3. The molecule has 2 aliphatic rings. The van der Waals surface area contributed by atoms with Crippen LogP contribution >= 0.6 is 0 Å². The minimum atomic E-state index is -0.433. The van der Waals surface area contributed by atoms with Crippen LogP contribution in [-0.4, -0.2) is 11.7 Å². The molecule has 10 aromatic carbocycles. The molecule has 2 aliphatic carbocycles. The molecule has 0 aliphatic heterocycles. The van der Waals surface area contributed by atoms with Gasteiger partial charge in [-0.25, -0.2) is 4.99 Å². The highest BCUT2D eigenvalue weighted by Gasteiger charge is 2.52. The largest absolute Gasteiger partial charge is 0.456 e. The van der Waals surface area contributed by atoms with Crippen molar-refractivity contribution in [3.8, 4) is 44.5 Å². The highest BCUT2D eigenvalue weighted by atomic mass is 16.3. The van der Waals surface area contributed by atoms with Gasteiger partial charge in [0.15, 0.2) is 5.84 Å². The van der Waals surface area contributed by atoms with Gasteiger partial charge in [0.25, 0.3) is 0 Å². The lowest BCUT2D eigenvalue weighted by Gasteiger charge is -2.33. The van der Waals surface area contributed by atoms with Crippen molar-refractivity contribution in [1.29, 1.82) is 0 Å². The second kappa shape index (κ2) is 19.8. The molecule has 0 bridgehead atoms. The minimum Gasteiger partial charge on any atom is -0.456 e. The number of furan rings is 2. The van der Waals surface area contributed by atoms with Gasteiger partial charge < -0.3 is 14.6 Å². The van der Waals surface area contributed by atoms with E-state index in [0.29, 0.717) is 18.2 Å². The lowest BCUT2D eigenvalue weighted by Crippen LogP contribution is -2.27. The molecule has 14 rings (SSSR count). The molecular formula is C74H59N3O2. The number of hydrogen-bond acceptors (Lipinski definition) is 3. The molecule has 2 N–H and O–H groups in total. The first-order valence-corrected chi connectivity index (χ1v) is 27.5. The molecular weight excluding hydrogens is 963 g/mol. The Labute approximate surface area is 461 Å². The van der Waals surface area contributed by atoms with Crippen molar-refractivity contribution in [2.45, 2.75) is 53.5 Å². The van der Waals surface area contributed by atoms with Crippen LogP contribution in [0, 0.1) is 13.8 Å². The van der Waals surface area contributed by atoms with Crippen molar-refractivity contribution in [1.82, 2.24) is 0 Å². The van der Waals surface area contributed by atoms with E-state index in [2.05, 4.69) is 210 Å². The molecule has 0 unspecified atom stereocenters. The fraction of sp³-hybridized carbons (Fsp3) is 0.108. The van der Waals surface area contributed by atoms with Gasteiger partial charge in [0.1, 0.15) is 28.2 Å². The van der Waals surface area contributed by atoms with Gasteiger partial charge in [-0.1, -0.05) is 202 Å². The Kier molecular flexibility index (Phi) is 12.3. The van der Waals surface area contributed by atoms with Gasteiger partial charge in [0.05, 0.1) is 12.0 Å². The SMILES string of the molecule is C/C=C\C1=C(C)c2cccc(-c3ccc(-c4ccc5oc6cccc(CN=C(N=C(N)c7ccc(-c8ccccc8C)c(C)c7)c7cccc8oc9ccccc9c78)c6c5c4)cc3)c2C12c1ccccc1-c1ccccc12.CC. The Bertz CT molecular complexity index is 4490. The molecule has 0 atom stereocenters. The molecule has 0 radical (unpaired) electrons. The van der Waals surface area contributed by atoms with Crippen molar-refractivity contribution in [3.05, 3.63) is 280 Å².